The summed E-state index contributed by atoms with van der Waals surface area (Å²) in [5, 5.41) is 2.88. The summed E-state index contributed by atoms with van der Waals surface area (Å²) >= 11 is 0. The van der Waals surface area contributed by atoms with Crippen molar-refractivity contribution in [2.45, 2.75) is 26.8 Å². The fraction of sp³-hybridized carbons (Fsp3) is 0.263. The number of nitrogens with zero attached hydrogens (tertiary/aromatic N) is 2. The lowest BCUT2D eigenvalue weighted by Crippen LogP contribution is -2.26. The minimum atomic E-state index is -0.553. The average molecular weight is 367 g/mol. The SMILES string of the molecule is Cc1[nH]c(=O)[nH]c(=O)c1-c1cccc(C(=O)NCCCn2ccnc2C)c1. The number of carbonyl (C=O) groups excluding carboxylic acids is 1. The molecule has 1 aromatic carbocycles. The van der Waals surface area contributed by atoms with Crippen LogP contribution in [0.25, 0.3) is 11.1 Å². The van der Waals surface area contributed by atoms with Crippen molar-refractivity contribution in [1.29, 1.82) is 0 Å². The Morgan fingerprint density at radius 3 is 2.74 bits per heavy atom. The first-order chi connectivity index (χ1) is 13.0. The average Bonchev–Trinajstić information content (AvgIpc) is 3.03. The summed E-state index contributed by atoms with van der Waals surface area (Å²) in [6.07, 6.45) is 4.44. The zero-order valence-electron chi connectivity index (χ0n) is 15.2. The van der Waals surface area contributed by atoms with E-state index in [0.29, 0.717) is 28.9 Å². The van der Waals surface area contributed by atoms with Crippen molar-refractivity contribution in [3.05, 3.63) is 74.6 Å². The monoisotopic (exact) mass is 367 g/mol. The number of rotatable bonds is 6. The van der Waals surface area contributed by atoms with E-state index < -0.39 is 11.2 Å². The standard InChI is InChI=1S/C19H21N5O3/c1-12-16(18(26)23-19(27)22-12)14-5-3-6-15(11-14)17(25)21-7-4-9-24-10-8-20-13(24)2/h3,5-6,8,10-11H,4,7,9H2,1-2H3,(H,21,25)(H2,22,23,26,27). The molecule has 3 aromatic rings. The Morgan fingerprint density at radius 1 is 1.22 bits per heavy atom. The van der Waals surface area contributed by atoms with Gasteiger partial charge in [-0.25, -0.2) is 9.78 Å². The van der Waals surface area contributed by atoms with E-state index in [1.165, 1.54) is 0 Å². The first-order valence-corrected chi connectivity index (χ1v) is 8.65. The summed E-state index contributed by atoms with van der Waals surface area (Å²) in [7, 11) is 0. The van der Waals surface area contributed by atoms with Crippen LogP contribution < -0.4 is 16.6 Å². The third-order valence-corrected chi connectivity index (χ3v) is 4.33. The van der Waals surface area contributed by atoms with Gasteiger partial charge in [-0.3, -0.25) is 14.6 Å². The normalized spacial score (nSPS) is 10.7. The molecule has 27 heavy (non-hydrogen) atoms. The molecule has 1 amide bonds. The lowest BCUT2D eigenvalue weighted by atomic mass is 10.0. The summed E-state index contributed by atoms with van der Waals surface area (Å²) in [6.45, 7) is 4.89. The van der Waals surface area contributed by atoms with Crippen LogP contribution in [0.1, 0.15) is 28.3 Å². The van der Waals surface area contributed by atoms with E-state index in [-0.39, 0.29) is 5.91 Å². The van der Waals surface area contributed by atoms with Gasteiger partial charge in [0, 0.05) is 36.7 Å². The van der Waals surface area contributed by atoms with Crippen molar-refractivity contribution < 1.29 is 4.79 Å². The first-order valence-electron chi connectivity index (χ1n) is 8.65. The molecule has 0 atom stereocenters. The molecule has 0 spiro atoms. The van der Waals surface area contributed by atoms with Crippen LogP contribution in [0.3, 0.4) is 0 Å². The van der Waals surface area contributed by atoms with Crippen LogP contribution in [0.15, 0.2) is 46.2 Å². The summed E-state index contributed by atoms with van der Waals surface area (Å²) in [5.41, 5.74) is 0.799. The van der Waals surface area contributed by atoms with Crippen LogP contribution in [-0.2, 0) is 6.54 Å². The van der Waals surface area contributed by atoms with E-state index in [2.05, 4.69) is 20.3 Å². The van der Waals surface area contributed by atoms with Crippen molar-refractivity contribution in [2.24, 2.45) is 0 Å². The van der Waals surface area contributed by atoms with E-state index in [9.17, 15) is 14.4 Å². The van der Waals surface area contributed by atoms with Gasteiger partial charge in [0.2, 0.25) is 0 Å². The van der Waals surface area contributed by atoms with Crippen LogP contribution >= 0.6 is 0 Å². The van der Waals surface area contributed by atoms with Crippen molar-refractivity contribution >= 4 is 5.91 Å². The molecule has 0 aliphatic heterocycles. The summed E-state index contributed by atoms with van der Waals surface area (Å²) in [4.78, 5) is 44.8. The molecule has 2 heterocycles. The van der Waals surface area contributed by atoms with Crippen LogP contribution in [-0.4, -0.2) is 32.0 Å². The maximum absolute atomic E-state index is 12.4. The number of hydrogen-bond acceptors (Lipinski definition) is 4. The highest BCUT2D eigenvalue weighted by Gasteiger charge is 2.12. The van der Waals surface area contributed by atoms with E-state index in [1.807, 2.05) is 17.7 Å². The van der Waals surface area contributed by atoms with Gasteiger partial charge in [-0.05, 0) is 38.0 Å². The number of aromatic nitrogens is 4. The largest absolute Gasteiger partial charge is 0.352 e. The van der Waals surface area contributed by atoms with Crippen molar-refractivity contribution in [3.8, 4) is 11.1 Å². The maximum atomic E-state index is 12.4. The summed E-state index contributed by atoms with van der Waals surface area (Å²) < 4.78 is 2.03. The molecule has 0 aliphatic rings. The minimum Gasteiger partial charge on any atom is -0.352 e. The number of benzene rings is 1. The zero-order valence-corrected chi connectivity index (χ0v) is 15.2. The molecule has 140 valence electrons. The Morgan fingerprint density at radius 2 is 2.04 bits per heavy atom. The second-order valence-electron chi connectivity index (χ2n) is 6.27. The molecule has 0 saturated heterocycles. The molecule has 0 fully saturated rings. The zero-order chi connectivity index (χ0) is 19.4. The van der Waals surface area contributed by atoms with Crippen molar-refractivity contribution in [1.82, 2.24) is 24.8 Å². The number of carbonyl (C=O) groups is 1. The molecule has 8 nitrogen and oxygen atoms in total. The van der Waals surface area contributed by atoms with Crippen LogP contribution in [0.4, 0.5) is 0 Å². The van der Waals surface area contributed by atoms with Gasteiger partial charge in [-0.2, -0.15) is 0 Å². The second-order valence-corrected chi connectivity index (χ2v) is 6.27. The van der Waals surface area contributed by atoms with Crippen LogP contribution in [0.5, 0.6) is 0 Å². The highest BCUT2D eigenvalue weighted by Crippen LogP contribution is 2.18. The number of nitrogens with one attached hydrogen (secondary N) is 3. The molecule has 0 radical (unpaired) electrons. The number of aryl methyl sites for hydroxylation is 3. The maximum Gasteiger partial charge on any atom is 0.325 e. The Balaban J connectivity index is 1.68. The van der Waals surface area contributed by atoms with Gasteiger partial charge in [0.25, 0.3) is 11.5 Å². The molecular weight excluding hydrogens is 346 g/mol. The molecule has 3 rings (SSSR count). The third kappa shape index (κ3) is 4.22. The number of amides is 1. The molecule has 8 heteroatoms. The molecule has 3 N–H and O–H groups in total. The minimum absolute atomic E-state index is 0.210. The number of H-pyrrole nitrogens is 2. The van der Waals surface area contributed by atoms with E-state index in [1.54, 1.807) is 37.4 Å². The van der Waals surface area contributed by atoms with E-state index in [4.69, 9.17) is 0 Å². The van der Waals surface area contributed by atoms with Gasteiger partial charge in [-0.15, -0.1) is 0 Å². The molecule has 2 aromatic heterocycles. The number of imidazole rings is 1. The lowest BCUT2D eigenvalue weighted by Gasteiger charge is -2.09. The van der Waals surface area contributed by atoms with Gasteiger partial charge in [-0.1, -0.05) is 12.1 Å². The quantitative estimate of drug-likeness (QED) is 0.571. The van der Waals surface area contributed by atoms with Crippen molar-refractivity contribution in [2.75, 3.05) is 6.54 Å². The Bertz CT molecular complexity index is 1080. The fourth-order valence-electron chi connectivity index (χ4n) is 2.96. The number of aromatic amines is 2. The second kappa shape index (κ2) is 7.86. The first kappa shape index (κ1) is 18.4. The predicted molar refractivity (Wildman–Crippen MR) is 102 cm³/mol. The summed E-state index contributed by atoms with van der Waals surface area (Å²) in [5.74, 6) is 0.730. The van der Waals surface area contributed by atoms with Gasteiger partial charge in [0.1, 0.15) is 5.82 Å². The van der Waals surface area contributed by atoms with Crippen LogP contribution in [0.2, 0.25) is 0 Å². The Hall–Kier alpha value is -3.42. The predicted octanol–water partition coefficient (Wildman–Crippen LogP) is 1.36. The highest BCUT2D eigenvalue weighted by atomic mass is 16.2. The molecule has 0 aliphatic carbocycles. The van der Waals surface area contributed by atoms with Gasteiger partial charge in [0.05, 0.1) is 5.56 Å². The molecule has 0 saturated carbocycles. The molecule has 0 bridgehead atoms. The Kier molecular flexibility index (Phi) is 5.35. The van der Waals surface area contributed by atoms with Gasteiger partial charge < -0.3 is 14.9 Å². The van der Waals surface area contributed by atoms with Crippen LogP contribution in [0, 0.1) is 13.8 Å². The van der Waals surface area contributed by atoms with Crippen molar-refractivity contribution in [3.63, 3.8) is 0 Å². The summed E-state index contributed by atoms with van der Waals surface area (Å²) in [6, 6.07) is 6.77. The molecular formula is C19H21N5O3. The third-order valence-electron chi connectivity index (χ3n) is 4.33. The lowest BCUT2D eigenvalue weighted by molar-refractivity contribution is 0.0952. The highest BCUT2D eigenvalue weighted by molar-refractivity contribution is 5.95. The molecule has 0 unspecified atom stereocenters. The van der Waals surface area contributed by atoms with E-state index >= 15 is 0 Å². The number of hydrogen-bond donors (Lipinski definition) is 3. The topological polar surface area (TPSA) is 113 Å². The van der Waals surface area contributed by atoms with Gasteiger partial charge in [0.15, 0.2) is 0 Å². The van der Waals surface area contributed by atoms with E-state index in [0.717, 1.165) is 18.8 Å². The smallest absolute Gasteiger partial charge is 0.325 e. The Labute approximate surface area is 155 Å². The van der Waals surface area contributed by atoms with Gasteiger partial charge >= 0.3 is 5.69 Å². The fourth-order valence-corrected chi connectivity index (χ4v) is 2.96.